The van der Waals surface area contributed by atoms with Gasteiger partial charge < -0.3 is 11.1 Å². The lowest BCUT2D eigenvalue weighted by Gasteiger charge is -2.31. The molecule has 1 unspecified atom stereocenters. The fourth-order valence-corrected chi connectivity index (χ4v) is 1.96. The van der Waals surface area contributed by atoms with Crippen molar-refractivity contribution in [2.24, 2.45) is 11.1 Å². The molecule has 0 saturated carbocycles. The normalized spacial score (nSPS) is 13.8. The van der Waals surface area contributed by atoms with Gasteiger partial charge in [0.25, 0.3) is 0 Å². The van der Waals surface area contributed by atoms with E-state index < -0.39 is 0 Å². The smallest absolute Gasteiger partial charge is 0.157 e. The summed E-state index contributed by atoms with van der Waals surface area (Å²) < 4.78 is 1.75. The number of nitrogens with zero attached hydrogens (tertiary/aromatic N) is 3. The highest BCUT2D eigenvalue weighted by atomic mass is 15.2. The molecule has 0 aliphatic rings. The van der Waals surface area contributed by atoms with Crippen LogP contribution < -0.4 is 11.1 Å². The summed E-state index contributed by atoms with van der Waals surface area (Å²) in [7, 11) is 0. The van der Waals surface area contributed by atoms with E-state index in [1.165, 1.54) is 0 Å². The first-order valence-corrected chi connectivity index (χ1v) is 6.28. The highest BCUT2D eigenvalue weighted by Crippen LogP contribution is 2.24. The van der Waals surface area contributed by atoms with Crippen molar-refractivity contribution in [1.29, 1.82) is 0 Å². The Morgan fingerprint density at radius 3 is 2.83 bits per heavy atom. The quantitative estimate of drug-likeness (QED) is 0.866. The second-order valence-electron chi connectivity index (χ2n) is 5.59. The molecule has 18 heavy (non-hydrogen) atoms. The van der Waals surface area contributed by atoms with Crippen LogP contribution in [0.4, 0.5) is 5.82 Å². The van der Waals surface area contributed by atoms with Gasteiger partial charge in [0, 0.05) is 18.3 Å². The fourth-order valence-electron chi connectivity index (χ4n) is 1.96. The molecule has 98 valence electrons. The maximum absolute atomic E-state index is 5.68. The molecule has 0 aromatic carbocycles. The van der Waals surface area contributed by atoms with Crippen LogP contribution in [0.15, 0.2) is 24.5 Å². The largest absolute Gasteiger partial charge is 0.367 e. The molecular weight excluding hydrogens is 226 g/mol. The lowest BCUT2D eigenvalue weighted by Crippen LogP contribution is -2.36. The number of fused-ring (bicyclic) bond motifs is 1. The highest BCUT2D eigenvalue weighted by molar-refractivity contribution is 5.46. The third kappa shape index (κ3) is 2.79. The Balaban J connectivity index is 2.19. The molecule has 0 bridgehead atoms. The SMILES string of the molecule is CC(C)(C)C(CCN)Nc1ccn2nccc2n1. The summed E-state index contributed by atoms with van der Waals surface area (Å²) in [6.45, 7) is 7.29. The lowest BCUT2D eigenvalue weighted by molar-refractivity contribution is 0.328. The summed E-state index contributed by atoms with van der Waals surface area (Å²) in [5.41, 5.74) is 6.67. The molecule has 5 heteroatoms. The number of hydrogen-bond donors (Lipinski definition) is 2. The van der Waals surface area contributed by atoms with Crippen molar-refractivity contribution < 1.29 is 0 Å². The number of anilines is 1. The number of hydrogen-bond acceptors (Lipinski definition) is 4. The molecule has 3 N–H and O–H groups in total. The van der Waals surface area contributed by atoms with Crippen LogP contribution in [0.1, 0.15) is 27.2 Å². The van der Waals surface area contributed by atoms with E-state index in [9.17, 15) is 0 Å². The van der Waals surface area contributed by atoms with Crippen molar-refractivity contribution in [3.63, 3.8) is 0 Å². The Kier molecular flexibility index (Phi) is 3.52. The molecule has 0 saturated heterocycles. The van der Waals surface area contributed by atoms with Crippen LogP contribution >= 0.6 is 0 Å². The zero-order valence-electron chi connectivity index (χ0n) is 11.2. The molecule has 2 aromatic heterocycles. The van der Waals surface area contributed by atoms with Gasteiger partial charge in [-0.15, -0.1) is 0 Å². The number of nitrogens with one attached hydrogen (secondary N) is 1. The molecule has 1 atom stereocenters. The minimum absolute atomic E-state index is 0.146. The molecule has 0 amide bonds. The van der Waals surface area contributed by atoms with Gasteiger partial charge in [0.2, 0.25) is 0 Å². The van der Waals surface area contributed by atoms with Crippen LogP contribution in [0.2, 0.25) is 0 Å². The molecule has 2 rings (SSSR count). The van der Waals surface area contributed by atoms with Gasteiger partial charge >= 0.3 is 0 Å². The monoisotopic (exact) mass is 247 g/mol. The van der Waals surface area contributed by atoms with E-state index in [0.717, 1.165) is 17.9 Å². The molecule has 5 nitrogen and oxygen atoms in total. The number of rotatable bonds is 4. The molecule has 0 fully saturated rings. The first kappa shape index (κ1) is 12.8. The maximum Gasteiger partial charge on any atom is 0.157 e. The zero-order chi connectivity index (χ0) is 13.2. The van der Waals surface area contributed by atoms with Crippen LogP contribution in [-0.4, -0.2) is 27.2 Å². The Labute approximate surface area is 107 Å². The second-order valence-corrected chi connectivity index (χ2v) is 5.59. The highest BCUT2D eigenvalue weighted by Gasteiger charge is 2.24. The standard InChI is InChI=1S/C13H21N5/c1-13(2,3)10(4-7-14)16-11-6-9-18-12(17-11)5-8-15-18/h5-6,8-10H,4,7,14H2,1-3H3,(H,16,17). The first-order valence-electron chi connectivity index (χ1n) is 6.28. The Hall–Kier alpha value is -1.62. The molecular formula is C13H21N5. The van der Waals surface area contributed by atoms with Gasteiger partial charge in [0.05, 0.1) is 6.20 Å². The van der Waals surface area contributed by atoms with Crippen LogP contribution in [-0.2, 0) is 0 Å². The van der Waals surface area contributed by atoms with Crippen molar-refractivity contribution in [1.82, 2.24) is 14.6 Å². The molecule has 0 aliphatic heterocycles. The fraction of sp³-hybridized carbons (Fsp3) is 0.538. The van der Waals surface area contributed by atoms with Crippen molar-refractivity contribution in [2.75, 3.05) is 11.9 Å². The van der Waals surface area contributed by atoms with E-state index in [4.69, 9.17) is 5.73 Å². The van der Waals surface area contributed by atoms with Crippen molar-refractivity contribution in [2.45, 2.75) is 33.2 Å². The Morgan fingerprint density at radius 2 is 2.17 bits per heavy atom. The Bertz CT molecular complexity index is 511. The molecule has 0 aliphatic carbocycles. The molecule has 2 aromatic rings. The van der Waals surface area contributed by atoms with E-state index >= 15 is 0 Å². The Morgan fingerprint density at radius 1 is 1.39 bits per heavy atom. The summed E-state index contributed by atoms with van der Waals surface area (Å²) in [5, 5.41) is 7.60. The lowest BCUT2D eigenvalue weighted by atomic mass is 9.85. The van der Waals surface area contributed by atoms with Gasteiger partial charge in [-0.25, -0.2) is 9.50 Å². The topological polar surface area (TPSA) is 68.2 Å². The predicted molar refractivity (Wildman–Crippen MR) is 73.5 cm³/mol. The molecule has 0 radical (unpaired) electrons. The van der Waals surface area contributed by atoms with Gasteiger partial charge in [-0.05, 0) is 24.4 Å². The van der Waals surface area contributed by atoms with E-state index in [0.29, 0.717) is 12.6 Å². The van der Waals surface area contributed by atoms with Gasteiger partial charge in [0.1, 0.15) is 5.82 Å². The van der Waals surface area contributed by atoms with Crippen LogP contribution in [0.3, 0.4) is 0 Å². The van der Waals surface area contributed by atoms with E-state index in [2.05, 4.69) is 36.2 Å². The molecule has 0 spiro atoms. The summed E-state index contributed by atoms with van der Waals surface area (Å²) >= 11 is 0. The summed E-state index contributed by atoms with van der Waals surface area (Å²) in [4.78, 5) is 4.52. The minimum Gasteiger partial charge on any atom is -0.367 e. The van der Waals surface area contributed by atoms with Crippen molar-refractivity contribution in [3.05, 3.63) is 24.5 Å². The van der Waals surface area contributed by atoms with Crippen molar-refractivity contribution in [3.8, 4) is 0 Å². The second kappa shape index (κ2) is 4.94. The average Bonchev–Trinajstić information content (AvgIpc) is 2.74. The van der Waals surface area contributed by atoms with E-state index in [1.807, 2.05) is 18.3 Å². The number of aromatic nitrogens is 3. The van der Waals surface area contributed by atoms with Gasteiger partial charge in [-0.3, -0.25) is 0 Å². The predicted octanol–water partition coefficient (Wildman–Crippen LogP) is 1.90. The van der Waals surface area contributed by atoms with Crippen molar-refractivity contribution >= 4 is 11.5 Å². The van der Waals surface area contributed by atoms with Crippen LogP contribution in [0.5, 0.6) is 0 Å². The summed E-state index contributed by atoms with van der Waals surface area (Å²) in [6, 6.07) is 4.13. The summed E-state index contributed by atoms with van der Waals surface area (Å²) in [5.74, 6) is 0.872. The minimum atomic E-state index is 0.146. The summed E-state index contributed by atoms with van der Waals surface area (Å²) in [6.07, 6.45) is 4.58. The molecule has 2 heterocycles. The van der Waals surface area contributed by atoms with E-state index in [-0.39, 0.29) is 5.41 Å². The third-order valence-electron chi connectivity index (χ3n) is 3.08. The van der Waals surface area contributed by atoms with Gasteiger partial charge in [-0.2, -0.15) is 5.10 Å². The zero-order valence-corrected chi connectivity index (χ0v) is 11.2. The van der Waals surface area contributed by atoms with Gasteiger partial charge in [-0.1, -0.05) is 20.8 Å². The maximum atomic E-state index is 5.68. The van der Waals surface area contributed by atoms with Crippen LogP contribution in [0, 0.1) is 5.41 Å². The number of nitrogens with two attached hydrogens (primary N) is 1. The van der Waals surface area contributed by atoms with Crippen LogP contribution in [0.25, 0.3) is 5.65 Å². The average molecular weight is 247 g/mol. The third-order valence-corrected chi connectivity index (χ3v) is 3.08. The van der Waals surface area contributed by atoms with Gasteiger partial charge in [0.15, 0.2) is 5.65 Å². The van der Waals surface area contributed by atoms with E-state index in [1.54, 1.807) is 10.7 Å². The first-order chi connectivity index (χ1) is 8.50.